The Morgan fingerprint density at radius 2 is 2.13 bits per heavy atom. The Kier molecular flexibility index (Phi) is 4.69. The van der Waals surface area contributed by atoms with E-state index in [1.807, 2.05) is 6.07 Å². The number of rotatable bonds is 4. The number of thiazole rings is 1. The predicted octanol–water partition coefficient (Wildman–Crippen LogP) is 4.34. The minimum Gasteiger partial charge on any atom is -0.296 e. The predicted molar refractivity (Wildman–Crippen MR) is 93.3 cm³/mol. The van der Waals surface area contributed by atoms with Crippen LogP contribution in [0, 0.1) is 6.92 Å². The van der Waals surface area contributed by atoms with Gasteiger partial charge in [0.25, 0.3) is 5.91 Å². The largest absolute Gasteiger partial charge is 0.296 e. The number of carbonyl (C=O) groups excluding carboxylic acids is 1. The Morgan fingerprint density at radius 3 is 2.91 bits per heavy atom. The van der Waals surface area contributed by atoms with Crippen molar-refractivity contribution in [3.8, 4) is 0 Å². The molecule has 0 aliphatic heterocycles. The first-order chi connectivity index (χ1) is 11.1. The Balaban J connectivity index is 1.68. The van der Waals surface area contributed by atoms with E-state index in [1.54, 1.807) is 12.3 Å². The molecular weight excluding hydrogens is 330 g/mol. The van der Waals surface area contributed by atoms with Crippen molar-refractivity contribution in [1.82, 2.24) is 9.97 Å². The highest BCUT2D eigenvalue weighted by Gasteiger charge is 2.11. The summed E-state index contributed by atoms with van der Waals surface area (Å²) < 4.78 is 0. The first kappa shape index (κ1) is 15.6. The summed E-state index contributed by atoms with van der Waals surface area (Å²) in [6.45, 7) is 2.07. The lowest BCUT2D eigenvalue weighted by molar-refractivity contribution is 0.102. The van der Waals surface area contributed by atoms with Gasteiger partial charge in [0.2, 0.25) is 0 Å². The summed E-state index contributed by atoms with van der Waals surface area (Å²) in [6, 6.07) is 11.5. The minimum absolute atomic E-state index is 0.271. The molecule has 1 N–H and O–H groups in total. The number of hydrogen-bond acceptors (Lipinski definition) is 4. The van der Waals surface area contributed by atoms with E-state index in [2.05, 4.69) is 40.4 Å². The molecule has 0 fully saturated rings. The maximum atomic E-state index is 12.1. The molecule has 3 rings (SSSR count). The highest BCUT2D eigenvalue weighted by molar-refractivity contribution is 7.15. The Labute approximate surface area is 143 Å². The zero-order valence-electron chi connectivity index (χ0n) is 12.4. The molecule has 0 atom stereocenters. The van der Waals surface area contributed by atoms with Gasteiger partial charge < -0.3 is 0 Å². The van der Waals surface area contributed by atoms with Gasteiger partial charge in [-0.15, -0.1) is 11.3 Å². The van der Waals surface area contributed by atoms with E-state index in [-0.39, 0.29) is 11.6 Å². The molecule has 0 bridgehead atoms. The zero-order chi connectivity index (χ0) is 16.2. The topological polar surface area (TPSA) is 54.9 Å². The van der Waals surface area contributed by atoms with Crippen molar-refractivity contribution < 1.29 is 4.79 Å². The van der Waals surface area contributed by atoms with E-state index in [9.17, 15) is 4.79 Å². The smallest absolute Gasteiger partial charge is 0.276 e. The maximum absolute atomic E-state index is 12.1. The molecule has 0 spiro atoms. The number of anilines is 1. The second-order valence-corrected chi connectivity index (χ2v) is 6.66. The SMILES string of the molecule is Cc1cccc(Cc2cnc(NC(=O)c3cc(Cl)ccn3)s2)c1. The number of benzene rings is 1. The number of halogens is 1. The van der Waals surface area contributed by atoms with E-state index in [1.165, 1.54) is 34.7 Å². The second kappa shape index (κ2) is 6.89. The number of nitrogens with zero attached hydrogens (tertiary/aromatic N) is 2. The number of aryl methyl sites for hydroxylation is 1. The van der Waals surface area contributed by atoms with Crippen LogP contribution >= 0.6 is 22.9 Å². The molecule has 0 saturated heterocycles. The maximum Gasteiger partial charge on any atom is 0.276 e. The van der Waals surface area contributed by atoms with E-state index in [0.29, 0.717) is 10.2 Å². The van der Waals surface area contributed by atoms with Crippen molar-refractivity contribution in [2.24, 2.45) is 0 Å². The Morgan fingerprint density at radius 1 is 1.26 bits per heavy atom. The molecule has 1 amide bonds. The lowest BCUT2D eigenvalue weighted by atomic mass is 10.1. The number of amides is 1. The summed E-state index contributed by atoms with van der Waals surface area (Å²) in [5, 5.41) is 3.78. The summed E-state index contributed by atoms with van der Waals surface area (Å²) in [5.41, 5.74) is 2.73. The first-order valence-electron chi connectivity index (χ1n) is 7.03. The quantitative estimate of drug-likeness (QED) is 0.766. The van der Waals surface area contributed by atoms with Gasteiger partial charge in [-0.05, 0) is 24.6 Å². The van der Waals surface area contributed by atoms with Crippen LogP contribution in [0.2, 0.25) is 5.02 Å². The third kappa shape index (κ3) is 4.15. The molecule has 2 aromatic heterocycles. The van der Waals surface area contributed by atoms with Crippen molar-refractivity contribution in [3.05, 3.63) is 75.5 Å². The summed E-state index contributed by atoms with van der Waals surface area (Å²) in [4.78, 5) is 21.4. The van der Waals surface area contributed by atoms with Gasteiger partial charge in [0, 0.05) is 28.7 Å². The fraction of sp³-hybridized carbons (Fsp3) is 0.118. The van der Waals surface area contributed by atoms with Gasteiger partial charge in [0.15, 0.2) is 5.13 Å². The lowest BCUT2D eigenvalue weighted by Gasteiger charge is -2.01. The Bertz CT molecular complexity index is 847. The van der Waals surface area contributed by atoms with Crippen LogP contribution in [0.1, 0.15) is 26.5 Å². The van der Waals surface area contributed by atoms with E-state index < -0.39 is 0 Å². The van der Waals surface area contributed by atoms with Gasteiger partial charge in [-0.25, -0.2) is 4.98 Å². The highest BCUT2D eigenvalue weighted by Crippen LogP contribution is 2.22. The van der Waals surface area contributed by atoms with Crippen LogP contribution in [0.3, 0.4) is 0 Å². The summed E-state index contributed by atoms with van der Waals surface area (Å²) in [6.07, 6.45) is 4.08. The van der Waals surface area contributed by atoms with Gasteiger partial charge in [0.1, 0.15) is 5.69 Å². The van der Waals surface area contributed by atoms with Crippen molar-refractivity contribution >= 4 is 34.0 Å². The molecular formula is C17H14ClN3OS. The molecule has 0 radical (unpaired) electrons. The van der Waals surface area contributed by atoms with Crippen molar-refractivity contribution in [2.75, 3.05) is 5.32 Å². The molecule has 23 heavy (non-hydrogen) atoms. The first-order valence-corrected chi connectivity index (χ1v) is 8.23. The average Bonchev–Trinajstić information content (AvgIpc) is 2.94. The lowest BCUT2D eigenvalue weighted by Crippen LogP contribution is -2.13. The van der Waals surface area contributed by atoms with Crippen LogP contribution in [0.5, 0.6) is 0 Å². The van der Waals surface area contributed by atoms with E-state index in [0.717, 1.165) is 11.3 Å². The van der Waals surface area contributed by atoms with Gasteiger partial charge in [-0.1, -0.05) is 41.4 Å². The molecule has 2 heterocycles. The van der Waals surface area contributed by atoms with Gasteiger partial charge in [-0.2, -0.15) is 0 Å². The molecule has 4 nitrogen and oxygen atoms in total. The molecule has 1 aromatic carbocycles. The molecule has 6 heteroatoms. The van der Waals surface area contributed by atoms with Crippen molar-refractivity contribution in [2.45, 2.75) is 13.3 Å². The van der Waals surface area contributed by atoms with Gasteiger partial charge in [-0.3, -0.25) is 15.1 Å². The number of nitrogens with one attached hydrogen (secondary N) is 1. The van der Waals surface area contributed by atoms with Crippen molar-refractivity contribution in [1.29, 1.82) is 0 Å². The van der Waals surface area contributed by atoms with Crippen LogP contribution in [-0.4, -0.2) is 15.9 Å². The fourth-order valence-corrected chi connectivity index (χ4v) is 3.16. The molecule has 0 unspecified atom stereocenters. The van der Waals surface area contributed by atoms with Gasteiger partial charge in [0.05, 0.1) is 0 Å². The second-order valence-electron chi connectivity index (χ2n) is 5.11. The third-order valence-corrected chi connectivity index (χ3v) is 4.34. The molecule has 116 valence electrons. The zero-order valence-corrected chi connectivity index (χ0v) is 14.0. The van der Waals surface area contributed by atoms with Crippen LogP contribution in [0.15, 0.2) is 48.8 Å². The number of pyridine rings is 1. The normalized spacial score (nSPS) is 10.5. The minimum atomic E-state index is -0.316. The van der Waals surface area contributed by atoms with Crippen molar-refractivity contribution in [3.63, 3.8) is 0 Å². The monoisotopic (exact) mass is 343 g/mol. The van der Waals surface area contributed by atoms with E-state index in [4.69, 9.17) is 11.6 Å². The molecule has 0 aliphatic carbocycles. The van der Waals surface area contributed by atoms with Crippen LogP contribution in [0.4, 0.5) is 5.13 Å². The standard InChI is InChI=1S/C17H14ClN3OS/c1-11-3-2-4-12(7-11)8-14-10-20-17(23-14)21-16(22)15-9-13(18)5-6-19-15/h2-7,9-10H,8H2,1H3,(H,20,21,22). The van der Waals surface area contributed by atoms with Crippen LogP contribution < -0.4 is 5.32 Å². The Hall–Kier alpha value is -2.24. The fourth-order valence-electron chi connectivity index (χ4n) is 2.16. The number of hydrogen-bond donors (Lipinski definition) is 1. The highest BCUT2D eigenvalue weighted by atomic mass is 35.5. The molecule has 0 saturated carbocycles. The third-order valence-electron chi connectivity index (χ3n) is 3.19. The summed E-state index contributed by atoms with van der Waals surface area (Å²) >= 11 is 7.32. The summed E-state index contributed by atoms with van der Waals surface area (Å²) in [5.74, 6) is -0.316. The molecule has 3 aromatic rings. The number of carbonyl (C=O) groups is 1. The van der Waals surface area contributed by atoms with Crippen LogP contribution in [0.25, 0.3) is 0 Å². The van der Waals surface area contributed by atoms with Crippen LogP contribution in [-0.2, 0) is 6.42 Å². The van der Waals surface area contributed by atoms with E-state index >= 15 is 0 Å². The number of aromatic nitrogens is 2. The summed E-state index contributed by atoms with van der Waals surface area (Å²) in [7, 11) is 0. The molecule has 0 aliphatic rings. The average molecular weight is 344 g/mol. The van der Waals surface area contributed by atoms with Gasteiger partial charge >= 0.3 is 0 Å².